The molecule has 8 nitrogen and oxygen atoms in total. The van der Waals surface area contributed by atoms with Gasteiger partial charge in [-0.1, -0.05) is 12.1 Å². The lowest BCUT2D eigenvalue weighted by molar-refractivity contribution is -0.153. The average molecular weight is 397 g/mol. The van der Waals surface area contributed by atoms with Crippen LogP contribution in [0.15, 0.2) is 29.1 Å². The molecule has 2 N–H and O–H groups in total. The van der Waals surface area contributed by atoms with Gasteiger partial charge in [0.2, 0.25) is 0 Å². The number of carbonyl (C=O) groups is 2. The van der Waals surface area contributed by atoms with Gasteiger partial charge in [-0.3, -0.25) is 14.4 Å². The van der Waals surface area contributed by atoms with Crippen molar-refractivity contribution in [2.75, 3.05) is 12.4 Å². The highest BCUT2D eigenvalue weighted by atomic mass is 16.5. The molecule has 2 rings (SSSR count). The van der Waals surface area contributed by atoms with Gasteiger partial charge < -0.3 is 19.8 Å². The molecule has 0 fully saturated rings. The second-order valence-electron chi connectivity index (χ2n) is 6.49. The molecule has 1 heterocycles. The number of benzene rings is 1. The second kappa shape index (κ2) is 9.55. The molecule has 0 bridgehead atoms. The summed E-state index contributed by atoms with van der Waals surface area (Å²) in [5.74, 6) is -0.543. The zero-order valence-corrected chi connectivity index (χ0v) is 16.8. The number of nitrogens with zero attached hydrogens (tertiary/aromatic N) is 1. The summed E-state index contributed by atoms with van der Waals surface area (Å²) in [6.07, 6.45) is -0.715. The summed E-state index contributed by atoms with van der Waals surface area (Å²) < 4.78 is 10.4. The van der Waals surface area contributed by atoms with Crippen molar-refractivity contribution in [1.29, 1.82) is 5.26 Å². The maximum Gasteiger partial charge on any atom is 0.306 e. The first kappa shape index (κ1) is 21.7. The summed E-state index contributed by atoms with van der Waals surface area (Å²) >= 11 is 0. The Morgan fingerprint density at radius 3 is 2.62 bits per heavy atom. The summed E-state index contributed by atoms with van der Waals surface area (Å²) in [5, 5.41) is 11.8. The van der Waals surface area contributed by atoms with E-state index in [4.69, 9.17) is 14.7 Å². The van der Waals surface area contributed by atoms with Crippen LogP contribution in [0.3, 0.4) is 0 Å². The zero-order valence-electron chi connectivity index (χ0n) is 16.8. The second-order valence-corrected chi connectivity index (χ2v) is 6.49. The Kier molecular flexibility index (Phi) is 7.15. The van der Waals surface area contributed by atoms with Gasteiger partial charge in [0.05, 0.1) is 12.8 Å². The van der Waals surface area contributed by atoms with Crippen molar-refractivity contribution in [2.24, 2.45) is 0 Å². The Morgan fingerprint density at radius 2 is 1.97 bits per heavy atom. The van der Waals surface area contributed by atoms with Gasteiger partial charge in [-0.2, -0.15) is 5.26 Å². The molecule has 0 aliphatic rings. The normalized spacial score (nSPS) is 11.3. The molecule has 1 aromatic carbocycles. The van der Waals surface area contributed by atoms with Gasteiger partial charge in [0.15, 0.2) is 6.10 Å². The quantitative estimate of drug-likeness (QED) is 0.692. The third kappa shape index (κ3) is 5.23. The number of rotatable bonds is 7. The first-order chi connectivity index (χ1) is 13.8. The Labute approximate surface area is 168 Å². The number of anilines is 1. The third-order valence-corrected chi connectivity index (χ3v) is 4.54. The Morgan fingerprint density at radius 1 is 1.28 bits per heavy atom. The molecule has 0 aliphatic heterocycles. The summed E-state index contributed by atoms with van der Waals surface area (Å²) in [6, 6.07) is 8.78. The van der Waals surface area contributed by atoms with E-state index in [9.17, 15) is 14.4 Å². The van der Waals surface area contributed by atoms with Gasteiger partial charge in [0.25, 0.3) is 11.5 Å². The number of esters is 1. The number of pyridine rings is 1. The number of aromatic amines is 1. The van der Waals surface area contributed by atoms with Crippen LogP contribution in [0, 0.1) is 25.2 Å². The van der Waals surface area contributed by atoms with Crippen molar-refractivity contribution in [3.63, 3.8) is 0 Å². The molecule has 1 atom stereocenters. The lowest BCUT2D eigenvalue weighted by Gasteiger charge is -2.15. The molecule has 1 aromatic heterocycles. The van der Waals surface area contributed by atoms with E-state index in [1.54, 1.807) is 38.1 Å². The molecular weight excluding hydrogens is 374 g/mol. The van der Waals surface area contributed by atoms with Crippen LogP contribution >= 0.6 is 0 Å². The van der Waals surface area contributed by atoms with Crippen LogP contribution in [-0.4, -0.2) is 30.1 Å². The number of carbonyl (C=O) groups excluding carboxylic acids is 2. The fourth-order valence-electron chi connectivity index (χ4n) is 2.94. The maximum absolute atomic E-state index is 12.3. The highest BCUT2D eigenvalue weighted by molar-refractivity contribution is 5.96. The molecule has 1 amide bonds. The number of nitriles is 1. The third-order valence-electron chi connectivity index (χ3n) is 4.54. The van der Waals surface area contributed by atoms with Gasteiger partial charge in [0.1, 0.15) is 17.4 Å². The van der Waals surface area contributed by atoms with E-state index < -0.39 is 23.5 Å². The summed E-state index contributed by atoms with van der Waals surface area (Å²) in [7, 11) is 1.49. The Bertz CT molecular complexity index is 1020. The summed E-state index contributed by atoms with van der Waals surface area (Å²) in [4.78, 5) is 38.9. The number of H-pyrrole nitrogens is 1. The van der Waals surface area contributed by atoms with Crippen LogP contribution < -0.4 is 15.6 Å². The topological polar surface area (TPSA) is 121 Å². The number of amides is 1. The summed E-state index contributed by atoms with van der Waals surface area (Å²) in [5.41, 5.74) is 1.92. The van der Waals surface area contributed by atoms with Crippen LogP contribution in [0.4, 0.5) is 5.69 Å². The zero-order chi connectivity index (χ0) is 21.6. The van der Waals surface area contributed by atoms with E-state index in [1.807, 2.05) is 6.07 Å². The minimum Gasteiger partial charge on any atom is -0.495 e. The molecule has 0 saturated heterocycles. The number of hydrogen-bond acceptors (Lipinski definition) is 6. The van der Waals surface area contributed by atoms with Crippen molar-refractivity contribution in [3.05, 3.63) is 57.0 Å². The van der Waals surface area contributed by atoms with Gasteiger partial charge in [-0.05, 0) is 50.5 Å². The molecule has 0 unspecified atom stereocenters. The summed E-state index contributed by atoms with van der Waals surface area (Å²) in [6.45, 7) is 4.86. The van der Waals surface area contributed by atoms with Gasteiger partial charge in [0, 0.05) is 12.1 Å². The van der Waals surface area contributed by atoms with E-state index in [-0.39, 0.29) is 18.4 Å². The fraction of sp³-hybridized carbons (Fsp3) is 0.333. The van der Waals surface area contributed by atoms with Crippen LogP contribution in [0.2, 0.25) is 0 Å². The number of para-hydroxylation sites is 2. The smallest absolute Gasteiger partial charge is 0.306 e. The minimum atomic E-state index is -1.00. The van der Waals surface area contributed by atoms with Crippen LogP contribution in [0.1, 0.15) is 35.7 Å². The van der Waals surface area contributed by atoms with Gasteiger partial charge in [-0.15, -0.1) is 0 Å². The van der Waals surface area contributed by atoms with Crippen molar-refractivity contribution in [2.45, 2.75) is 39.7 Å². The molecule has 152 valence electrons. The average Bonchev–Trinajstić information content (AvgIpc) is 2.68. The molecule has 29 heavy (non-hydrogen) atoms. The molecule has 0 aliphatic carbocycles. The molecule has 0 saturated carbocycles. The number of methoxy groups -OCH3 is 1. The van der Waals surface area contributed by atoms with Crippen molar-refractivity contribution >= 4 is 17.6 Å². The van der Waals surface area contributed by atoms with Crippen molar-refractivity contribution in [1.82, 2.24) is 4.98 Å². The largest absolute Gasteiger partial charge is 0.495 e. The van der Waals surface area contributed by atoms with Crippen LogP contribution in [-0.2, 0) is 20.7 Å². The van der Waals surface area contributed by atoms with Crippen molar-refractivity contribution in [3.8, 4) is 11.8 Å². The van der Waals surface area contributed by atoms with E-state index in [0.717, 1.165) is 0 Å². The number of hydrogen-bond donors (Lipinski definition) is 2. The predicted octanol–water partition coefficient (Wildman–Crippen LogP) is 2.38. The molecule has 0 spiro atoms. The Balaban J connectivity index is 1.98. The number of nitrogens with one attached hydrogen (secondary N) is 2. The van der Waals surface area contributed by atoms with E-state index >= 15 is 0 Å². The highest BCUT2D eigenvalue weighted by Crippen LogP contribution is 2.23. The lowest BCUT2D eigenvalue weighted by atomic mass is 9.99. The van der Waals surface area contributed by atoms with Crippen LogP contribution in [0.25, 0.3) is 0 Å². The Hall–Kier alpha value is -3.60. The minimum absolute atomic E-state index is 0.00483. The number of aryl methyl sites for hydroxylation is 1. The number of ether oxygens (including phenoxy) is 2. The van der Waals surface area contributed by atoms with E-state index in [2.05, 4.69) is 10.3 Å². The maximum atomic E-state index is 12.3. The standard InChI is InChI=1S/C21H23N3O5/c1-12-15(13(2)23-21(27)16(12)11-22)9-10-19(25)29-14(3)20(26)24-17-7-5-6-8-18(17)28-4/h5-8,14H,9-10H2,1-4H3,(H,23,27)(H,24,26)/t14-/m0/s1. The molecule has 2 aromatic rings. The molecule has 0 radical (unpaired) electrons. The van der Waals surface area contributed by atoms with Crippen molar-refractivity contribution < 1.29 is 19.1 Å². The highest BCUT2D eigenvalue weighted by Gasteiger charge is 2.20. The van der Waals surface area contributed by atoms with E-state index in [1.165, 1.54) is 14.0 Å². The fourth-order valence-corrected chi connectivity index (χ4v) is 2.94. The van der Waals surface area contributed by atoms with Gasteiger partial charge in [-0.25, -0.2) is 0 Å². The predicted molar refractivity (Wildman–Crippen MR) is 107 cm³/mol. The molecule has 8 heteroatoms. The first-order valence-electron chi connectivity index (χ1n) is 9.04. The van der Waals surface area contributed by atoms with E-state index in [0.29, 0.717) is 28.3 Å². The lowest BCUT2D eigenvalue weighted by Crippen LogP contribution is -2.30. The SMILES string of the molecule is COc1ccccc1NC(=O)[C@H](C)OC(=O)CCc1c(C)[nH]c(=O)c(C#N)c1C. The van der Waals surface area contributed by atoms with Gasteiger partial charge >= 0.3 is 5.97 Å². The van der Waals surface area contributed by atoms with Crippen LogP contribution in [0.5, 0.6) is 5.75 Å². The monoisotopic (exact) mass is 397 g/mol. The number of aromatic nitrogens is 1. The first-order valence-corrected chi connectivity index (χ1v) is 9.04. The molecular formula is C21H23N3O5.